The number of anilines is 1. The molecule has 4 rings (SSSR count). The number of amides is 2. The molecule has 10 heteroatoms. The minimum absolute atomic E-state index is 0.0596. The lowest BCUT2D eigenvalue weighted by molar-refractivity contribution is -0.154. The number of fused-ring (bicyclic) bond motifs is 1. The van der Waals surface area contributed by atoms with Crippen LogP contribution in [0.3, 0.4) is 0 Å². The van der Waals surface area contributed by atoms with E-state index in [0.717, 1.165) is 0 Å². The van der Waals surface area contributed by atoms with Gasteiger partial charge in [0.2, 0.25) is 5.91 Å². The number of hydrogen-bond donors (Lipinski definition) is 1. The zero-order valence-electron chi connectivity index (χ0n) is 21.3. The molecule has 3 heterocycles. The lowest BCUT2D eigenvalue weighted by Crippen LogP contribution is -2.59. The number of aliphatic hydroxyl groups excluding tert-OH is 1. The van der Waals surface area contributed by atoms with Gasteiger partial charge in [-0.15, -0.1) is 18.3 Å². The minimum atomic E-state index is -0.887. The molecular weight excluding hydrogens is 580 g/mol. The van der Waals surface area contributed by atoms with Crippen LogP contribution in [0.25, 0.3) is 0 Å². The van der Waals surface area contributed by atoms with Gasteiger partial charge in [0.05, 0.1) is 46.5 Å². The Morgan fingerprint density at radius 3 is 2.70 bits per heavy atom. The fourth-order valence-corrected chi connectivity index (χ4v) is 10.1. The van der Waals surface area contributed by atoms with Crippen molar-refractivity contribution in [1.82, 2.24) is 4.90 Å². The van der Waals surface area contributed by atoms with Crippen molar-refractivity contribution in [1.29, 1.82) is 0 Å². The summed E-state index contributed by atoms with van der Waals surface area (Å²) >= 11 is 11.8. The topological polar surface area (TPSA) is 87.2 Å². The molecule has 37 heavy (non-hydrogen) atoms. The van der Waals surface area contributed by atoms with Gasteiger partial charge in [-0.3, -0.25) is 14.4 Å². The molecule has 3 aliphatic rings. The molecule has 2 bridgehead atoms. The first kappa shape index (κ1) is 28.5. The summed E-state index contributed by atoms with van der Waals surface area (Å²) in [4.78, 5) is 45.2. The Bertz CT molecular complexity index is 1070. The van der Waals surface area contributed by atoms with E-state index in [1.54, 1.807) is 58.8 Å². The van der Waals surface area contributed by atoms with E-state index in [4.69, 9.17) is 16.3 Å². The molecule has 1 spiro atoms. The van der Waals surface area contributed by atoms with Crippen LogP contribution in [0.1, 0.15) is 33.6 Å². The van der Waals surface area contributed by atoms with Gasteiger partial charge in [-0.25, -0.2) is 0 Å². The highest BCUT2D eigenvalue weighted by atomic mass is 79.9. The lowest BCUT2D eigenvalue weighted by Gasteiger charge is -2.41. The third kappa shape index (κ3) is 4.53. The number of alkyl halides is 1. The fourth-order valence-electron chi connectivity index (χ4n) is 6.28. The van der Waals surface area contributed by atoms with Crippen molar-refractivity contribution in [3.8, 4) is 0 Å². The van der Waals surface area contributed by atoms with E-state index in [-0.39, 0.29) is 47.6 Å². The van der Waals surface area contributed by atoms with Crippen molar-refractivity contribution in [3.05, 3.63) is 41.9 Å². The summed E-state index contributed by atoms with van der Waals surface area (Å²) in [6.45, 7) is 9.68. The van der Waals surface area contributed by atoms with E-state index in [1.807, 2.05) is 13.8 Å². The quantitative estimate of drug-likeness (QED) is 0.241. The van der Waals surface area contributed by atoms with Crippen LogP contribution in [-0.4, -0.2) is 74.5 Å². The standard InChI is InChI=1S/C27H34BrClN2O5S/c1-5-12-30(18-11-9-8-10-17(18)29)25(34)23-27-13-16(28)22(37-27)20(26(35)36-7-3)21(27)24(33)31(23)19(14-32)15(4)6-2/h5,8-11,15-16,19-23,32H,1,6-7,12-14H2,2-4H3/t15-,16?,19-,20-,21-,22-,23?,27?/m0/s1. The van der Waals surface area contributed by atoms with Gasteiger partial charge < -0.3 is 19.6 Å². The molecule has 8 atom stereocenters. The highest BCUT2D eigenvalue weighted by Gasteiger charge is 2.76. The van der Waals surface area contributed by atoms with E-state index < -0.39 is 34.6 Å². The molecule has 0 aliphatic carbocycles. The van der Waals surface area contributed by atoms with E-state index >= 15 is 0 Å². The Labute approximate surface area is 236 Å². The highest BCUT2D eigenvalue weighted by molar-refractivity contribution is 9.09. The number of hydrogen-bond acceptors (Lipinski definition) is 6. The van der Waals surface area contributed by atoms with Crippen LogP contribution in [0.15, 0.2) is 36.9 Å². The maximum atomic E-state index is 14.6. The monoisotopic (exact) mass is 612 g/mol. The summed E-state index contributed by atoms with van der Waals surface area (Å²) in [5.41, 5.74) is 0.528. The van der Waals surface area contributed by atoms with Crippen LogP contribution in [0.2, 0.25) is 5.02 Å². The summed E-state index contributed by atoms with van der Waals surface area (Å²) in [5, 5.41) is 10.7. The van der Waals surface area contributed by atoms with Crippen LogP contribution in [0.5, 0.6) is 0 Å². The molecule has 3 fully saturated rings. The van der Waals surface area contributed by atoms with Crippen LogP contribution in [0.4, 0.5) is 5.69 Å². The van der Waals surface area contributed by atoms with E-state index in [9.17, 15) is 19.5 Å². The third-order valence-corrected chi connectivity index (χ3v) is 11.6. The minimum Gasteiger partial charge on any atom is -0.466 e. The van der Waals surface area contributed by atoms with Crippen LogP contribution in [-0.2, 0) is 19.1 Å². The number of benzene rings is 1. The van der Waals surface area contributed by atoms with E-state index in [0.29, 0.717) is 23.6 Å². The first-order valence-corrected chi connectivity index (χ1v) is 14.9. The second-order valence-corrected chi connectivity index (χ2v) is 13.1. The van der Waals surface area contributed by atoms with Gasteiger partial charge in [0.25, 0.3) is 5.91 Å². The average Bonchev–Trinajstić information content (AvgIpc) is 3.47. The molecule has 3 saturated heterocycles. The van der Waals surface area contributed by atoms with Gasteiger partial charge in [-0.1, -0.05) is 66.0 Å². The molecule has 0 saturated carbocycles. The smallest absolute Gasteiger partial charge is 0.310 e. The van der Waals surface area contributed by atoms with Crippen molar-refractivity contribution in [2.24, 2.45) is 17.8 Å². The molecule has 3 aliphatic heterocycles. The third-order valence-electron chi connectivity index (χ3n) is 8.09. The molecule has 1 N–H and O–H groups in total. The molecule has 1 aromatic carbocycles. The van der Waals surface area contributed by atoms with E-state index in [1.165, 1.54) is 0 Å². The first-order valence-electron chi connectivity index (χ1n) is 12.8. The second-order valence-electron chi connectivity index (χ2n) is 9.99. The Kier molecular flexibility index (Phi) is 8.68. The van der Waals surface area contributed by atoms with Gasteiger partial charge in [0.1, 0.15) is 6.04 Å². The fraction of sp³-hybridized carbons (Fsp3) is 0.593. The molecule has 3 unspecified atom stereocenters. The number of carbonyl (C=O) groups is 3. The number of esters is 1. The van der Waals surface area contributed by atoms with Gasteiger partial charge in [0, 0.05) is 16.6 Å². The van der Waals surface area contributed by atoms with Gasteiger partial charge >= 0.3 is 5.97 Å². The summed E-state index contributed by atoms with van der Waals surface area (Å²) in [6, 6.07) is 5.63. The van der Waals surface area contributed by atoms with Crippen molar-refractivity contribution in [2.75, 3.05) is 24.7 Å². The predicted molar refractivity (Wildman–Crippen MR) is 150 cm³/mol. The number of aliphatic hydroxyl groups is 1. The number of para-hydroxylation sites is 1. The summed E-state index contributed by atoms with van der Waals surface area (Å²) in [6.07, 6.45) is 2.89. The zero-order valence-corrected chi connectivity index (χ0v) is 24.5. The molecule has 202 valence electrons. The largest absolute Gasteiger partial charge is 0.466 e. The van der Waals surface area contributed by atoms with Gasteiger partial charge in [-0.05, 0) is 31.4 Å². The first-order chi connectivity index (χ1) is 17.7. The number of rotatable bonds is 10. The van der Waals surface area contributed by atoms with Crippen LogP contribution < -0.4 is 4.90 Å². The Balaban J connectivity index is 1.88. The zero-order chi connectivity index (χ0) is 27.1. The second kappa shape index (κ2) is 11.3. The Morgan fingerprint density at radius 1 is 1.41 bits per heavy atom. The molecule has 0 aromatic heterocycles. The predicted octanol–water partition coefficient (Wildman–Crippen LogP) is 4.29. The molecule has 0 radical (unpaired) electrons. The highest BCUT2D eigenvalue weighted by Crippen LogP contribution is 2.68. The van der Waals surface area contributed by atoms with Gasteiger partial charge in [0.15, 0.2) is 0 Å². The van der Waals surface area contributed by atoms with Crippen LogP contribution >= 0.6 is 39.3 Å². The number of likely N-dealkylation sites (tertiary alicyclic amines) is 1. The van der Waals surface area contributed by atoms with Crippen LogP contribution in [0, 0.1) is 17.8 Å². The average molecular weight is 614 g/mol. The molecular formula is C27H34BrClN2O5S. The Hall–Kier alpha value is -1.55. The molecule has 2 amide bonds. The number of ether oxygens (including phenoxy) is 1. The van der Waals surface area contributed by atoms with Gasteiger partial charge in [-0.2, -0.15) is 0 Å². The summed E-state index contributed by atoms with van der Waals surface area (Å²) in [5.74, 6) is -2.39. The number of carbonyl (C=O) groups excluding carboxylic acids is 3. The summed E-state index contributed by atoms with van der Waals surface area (Å²) in [7, 11) is 0. The maximum absolute atomic E-state index is 14.6. The van der Waals surface area contributed by atoms with Crippen molar-refractivity contribution < 1.29 is 24.2 Å². The molecule has 1 aromatic rings. The SMILES string of the molecule is C=CCN(C(=O)C1N([C@@H](CO)[C@@H](C)CC)C(=O)[C@@H]2[C@H](C(=O)OCC)[C@H]3SC12CC3Br)c1ccccc1Cl. The maximum Gasteiger partial charge on any atom is 0.310 e. The van der Waals surface area contributed by atoms with Crippen molar-refractivity contribution in [3.63, 3.8) is 0 Å². The summed E-state index contributed by atoms with van der Waals surface area (Å²) < 4.78 is 4.58. The van der Waals surface area contributed by atoms with E-state index in [2.05, 4.69) is 22.5 Å². The normalized spacial score (nSPS) is 31.7. The van der Waals surface area contributed by atoms with Crippen molar-refractivity contribution in [2.45, 2.75) is 60.5 Å². The van der Waals surface area contributed by atoms with Crippen molar-refractivity contribution >= 4 is 62.8 Å². The number of halogens is 2. The number of nitrogens with zero attached hydrogens (tertiary/aromatic N) is 2. The molecule has 7 nitrogen and oxygen atoms in total. The number of thioether (sulfide) groups is 1. The lowest BCUT2D eigenvalue weighted by atomic mass is 9.71. The Morgan fingerprint density at radius 2 is 2.11 bits per heavy atom.